The van der Waals surface area contributed by atoms with Crippen LogP contribution in [0, 0.1) is 6.92 Å². The number of hydrogen-bond donors (Lipinski definition) is 1. The summed E-state index contributed by atoms with van der Waals surface area (Å²) < 4.78 is 32.8. The van der Waals surface area contributed by atoms with Gasteiger partial charge in [-0.25, -0.2) is 13.8 Å². The first-order chi connectivity index (χ1) is 15.9. The molecule has 0 bridgehead atoms. The number of nitrogens with zero attached hydrogens (tertiary/aromatic N) is 2. The van der Waals surface area contributed by atoms with E-state index in [0.717, 1.165) is 44.9 Å². The molecule has 2 aliphatic heterocycles. The molecule has 1 aromatic heterocycles. The monoisotopic (exact) mass is 451 g/mol. The first-order valence-corrected chi connectivity index (χ1v) is 11.4. The van der Waals surface area contributed by atoms with Crippen LogP contribution in [-0.2, 0) is 11.2 Å². The van der Waals surface area contributed by atoms with E-state index in [0.29, 0.717) is 19.4 Å². The lowest BCUT2D eigenvalue weighted by Gasteiger charge is -2.32. The van der Waals surface area contributed by atoms with Gasteiger partial charge in [-0.2, -0.15) is 0 Å². The number of H-pyrrole nitrogens is 1. The molecule has 1 fully saturated rings. The number of fused-ring (bicyclic) bond motifs is 2. The average molecular weight is 452 g/mol. The Bertz CT molecular complexity index is 1220. The summed E-state index contributed by atoms with van der Waals surface area (Å²) in [6.45, 7) is 2.69. The number of piperidine rings is 1. The lowest BCUT2D eigenvalue weighted by molar-refractivity contribution is -0.136. The Labute approximate surface area is 191 Å². The van der Waals surface area contributed by atoms with Gasteiger partial charge in [0.05, 0.1) is 17.6 Å². The minimum Gasteiger partial charge on any atom is -0.493 e. The lowest BCUT2D eigenvalue weighted by Crippen LogP contribution is -2.42. The third kappa shape index (κ3) is 4.77. The molecule has 0 radical (unpaired) electrons. The molecule has 0 saturated carbocycles. The van der Waals surface area contributed by atoms with E-state index in [1.807, 2.05) is 19.1 Å². The van der Waals surface area contributed by atoms with Crippen LogP contribution in [0.15, 0.2) is 48.0 Å². The number of aromatic amines is 1. The number of rotatable bonds is 3. The van der Waals surface area contributed by atoms with Gasteiger partial charge in [0.1, 0.15) is 11.6 Å². The molecular weight excluding hydrogens is 424 g/mol. The second kappa shape index (κ2) is 8.61. The van der Waals surface area contributed by atoms with E-state index in [2.05, 4.69) is 40.3 Å². The summed E-state index contributed by atoms with van der Waals surface area (Å²) in [6.07, 6.45) is 3.19. The summed E-state index contributed by atoms with van der Waals surface area (Å²) in [5.74, 6) is -0.975. The molecule has 2 aromatic carbocycles. The van der Waals surface area contributed by atoms with Crippen molar-refractivity contribution >= 4 is 16.9 Å². The highest BCUT2D eigenvalue weighted by molar-refractivity contribution is 5.82. The fourth-order valence-electron chi connectivity index (χ4n) is 4.57. The van der Waals surface area contributed by atoms with Gasteiger partial charge in [0.15, 0.2) is 0 Å². The molecule has 172 valence electrons. The molecular formula is C26H27F2N3O2. The zero-order valence-corrected chi connectivity index (χ0v) is 18.7. The van der Waals surface area contributed by atoms with Crippen molar-refractivity contribution in [1.29, 1.82) is 0 Å². The van der Waals surface area contributed by atoms with Crippen molar-refractivity contribution in [1.82, 2.24) is 14.9 Å². The third-order valence-electron chi connectivity index (χ3n) is 6.51. The first kappa shape index (κ1) is 21.6. The molecule has 0 unspecified atom stereocenters. The number of nitrogens with one attached hydrogen (secondary N) is 1. The fraction of sp³-hybridized carbons (Fsp3) is 0.385. The number of carbonyl (C=O) groups excluding carboxylic acids is 1. The van der Waals surface area contributed by atoms with Gasteiger partial charge >= 0.3 is 0 Å². The predicted octanol–water partition coefficient (Wildman–Crippen LogP) is 5.44. The van der Waals surface area contributed by atoms with Crippen LogP contribution in [0.4, 0.5) is 8.78 Å². The van der Waals surface area contributed by atoms with E-state index in [4.69, 9.17) is 4.74 Å². The van der Waals surface area contributed by atoms with Gasteiger partial charge in [-0.3, -0.25) is 4.79 Å². The Morgan fingerprint density at radius 1 is 1.15 bits per heavy atom. The molecule has 5 nitrogen and oxygen atoms in total. The zero-order valence-electron chi connectivity index (χ0n) is 18.7. The number of carbonyl (C=O) groups is 1. The minimum absolute atomic E-state index is 0.0746. The molecule has 5 rings (SSSR count). The SMILES string of the molecule is Cc1nc2ccc(-c3ccc4c(c3)C/C=C(/CC(=O)N3CCC(F)(F)CC3)CCO4)cc2[nH]1. The summed E-state index contributed by atoms with van der Waals surface area (Å²) in [5.41, 5.74) is 6.20. The molecule has 1 amide bonds. The molecule has 1 N–H and O–H groups in total. The number of halogens is 2. The largest absolute Gasteiger partial charge is 0.493 e. The van der Waals surface area contributed by atoms with Gasteiger partial charge in [-0.15, -0.1) is 0 Å². The van der Waals surface area contributed by atoms with Crippen LogP contribution in [0.5, 0.6) is 5.75 Å². The van der Waals surface area contributed by atoms with E-state index in [1.54, 1.807) is 4.90 Å². The summed E-state index contributed by atoms with van der Waals surface area (Å²) in [6, 6.07) is 12.4. The molecule has 7 heteroatoms. The number of hydrogen-bond acceptors (Lipinski definition) is 3. The van der Waals surface area contributed by atoms with E-state index in [1.165, 1.54) is 0 Å². The maximum absolute atomic E-state index is 13.4. The van der Waals surface area contributed by atoms with Crippen molar-refractivity contribution in [3.63, 3.8) is 0 Å². The number of allylic oxidation sites excluding steroid dienone is 1. The van der Waals surface area contributed by atoms with E-state index in [-0.39, 0.29) is 38.3 Å². The molecule has 0 aliphatic carbocycles. The molecule has 3 aromatic rings. The summed E-state index contributed by atoms with van der Waals surface area (Å²) >= 11 is 0. The number of alkyl halides is 2. The van der Waals surface area contributed by atoms with Crippen LogP contribution < -0.4 is 4.74 Å². The van der Waals surface area contributed by atoms with Crippen molar-refractivity contribution in [2.45, 2.75) is 45.0 Å². The quantitative estimate of drug-likeness (QED) is 0.540. The fourth-order valence-corrected chi connectivity index (χ4v) is 4.57. The smallest absolute Gasteiger partial charge is 0.251 e. The highest BCUT2D eigenvalue weighted by atomic mass is 19.3. The van der Waals surface area contributed by atoms with E-state index >= 15 is 0 Å². The highest BCUT2D eigenvalue weighted by Gasteiger charge is 2.35. The van der Waals surface area contributed by atoms with Crippen molar-refractivity contribution in [2.24, 2.45) is 0 Å². The Balaban J connectivity index is 1.32. The molecule has 33 heavy (non-hydrogen) atoms. The van der Waals surface area contributed by atoms with E-state index < -0.39 is 5.92 Å². The van der Waals surface area contributed by atoms with Gasteiger partial charge in [0, 0.05) is 38.8 Å². The van der Waals surface area contributed by atoms with Gasteiger partial charge in [0.25, 0.3) is 5.92 Å². The van der Waals surface area contributed by atoms with Gasteiger partial charge in [-0.1, -0.05) is 23.8 Å². The van der Waals surface area contributed by atoms with Crippen LogP contribution in [0.1, 0.15) is 37.1 Å². The normalized spacial score (nSPS) is 19.7. The molecule has 2 aliphatic rings. The standard InChI is InChI=1S/C26H27F2N3O2/c1-17-29-22-6-4-20(16-23(22)30-17)19-5-7-24-21(15-19)3-2-18(8-13-33-24)14-25(32)31-11-9-26(27,28)10-12-31/h2,4-7,15-16H,3,8-14H2,1H3,(H,29,30)/b18-2+. The van der Waals surface area contributed by atoms with Crippen molar-refractivity contribution in [3.05, 3.63) is 59.4 Å². The number of aryl methyl sites for hydroxylation is 1. The number of likely N-dealkylation sites (tertiary alicyclic amines) is 1. The number of imidazole rings is 1. The first-order valence-electron chi connectivity index (χ1n) is 11.4. The topological polar surface area (TPSA) is 58.2 Å². The number of aromatic nitrogens is 2. The highest BCUT2D eigenvalue weighted by Crippen LogP contribution is 2.32. The van der Waals surface area contributed by atoms with Crippen LogP contribution in [-0.4, -0.2) is 46.4 Å². The Morgan fingerprint density at radius 3 is 2.73 bits per heavy atom. The average Bonchev–Trinajstić information content (AvgIpc) is 3.15. The zero-order chi connectivity index (χ0) is 23.0. The van der Waals surface area contributed by atoms with Gasteiger partial charge < -0.3 is 14.6 Å². The predicted molar refractivity (Wildman–Crippen MR) is 124 cm³/mol. The van der Waals surface area contributed by atoms with Crippen molar-refractivity contribution in [2.75, 3.05) is 19.7 Å². The Hall–Kier alpha value is -3.22. The maximum Gasteiger partial charge on any atom is 0.251 e. The lowest BCUT2D eigenvalue weighted by atomic mass is 9.97. The second-order valence-electron chi connectivity index (χ2n) is 8.96. The van der Waals surface area contributed by atoms with Crippen molar-refractivity contribution < 1.29 is 18.3 Å². The van der Waals surface area contributed by atoms with Crippen LogP contribution in [0.3, 0.4) is 0 Å². The van der Waals surface area contributed by atoms with E-state index in [9.17, 15) is 13.6 Å². The van der Waals surface area contributed by atoms with Crippen molar-refractivity contribution in [3.8, 4) is 16.9 Å². The Kier molecular flexibility index (Phi) is 5.64. The molecule has 1 saturated heterocycles. The van der Waals surface area contributed by atoms with Crippen LogP contribution in [0.2, 0.25) is 0 Å². The molecule has 0 spiro atoms. The summed E-state index contributed by atoms with van der Waals surface area (Å²) in [4.78, 5) is 22.0. The molecule has 0 atom stereocenters. The third-order valence-corrected chi connectivity index (χ3v) is 6.51. The number of ether oxygens (including phenoxy) is 1. The van der Waals surface area contributed by atoms with Gasteiger partial charge in [0.2, 0.25) is 5.91 Å². The second-order valence-corrected chi connectivity index (χ2v) is 8.96. The van der Waals surface area contributed by atoms with Crippen LogP contribution in [0.25, 0.3) is 22.2 Å². The maximum atomic E-state index is 13.4. The Morgan fingerprint density at radius 2 is 1.91 bits per heavy atom. The van der Waals surface area contributed by atoms with Crippen LogP contribution >= 0.6 is 0 Å². The number of benzene rings is 2. The molecule has 3 heterocycles. The van der Waals surface area contributed by atoms with Gasteiger partial charge in [-0.05, 0) is 54.3 Å². The summed E-state index contributed by atoms with van der Waals surface area (Å²) in [7, 11) is 0. The summed E-state index contributed by atoms with van der Waals surface area (Å²) in [5, 5.41) is 0. The minimum atomic E-state index is -2.65. The number of amides is 1.